The molecule has 86 valence electrons. The summed E-state index contributed by atoms with van der Waals surface area (Å²) in [5.41, 5.74) is 0. The first-order valence-electron chi connectivity index (χ1n) is 4.56. The molecular weight excluding hydrogens is 238 g/mol. The predicted molar refractivity (Wildman–Crippen MR) is 58.4 cm³/mol. The summed E-state index contributed by atoms with van der Waals surface area (Å²) in [6.07, 6.45) is 2.94. The molecule has 0 aromatic carbocycles. The molecule has 0 N–H and O–H groups in total. The summed E-state index contributed by atoms with van der Waals surface area (Å²) in [5.74, 6) is 0.278. The monoisotopic (exact) mass is 251 g/mol. The molecule has 1 aromatic rings. The van der Waals surface area contributed by atoms with Gasteiger partial charge in [0.25, 0.3) is 10.0 Å². The van der Waals surface area contributed by atoms with Crippen LogP contribution in [0.2, 0.25) is 0 Å². The largest absolute Gasteiger partial charge is 0.339 e. The zero-order valence-corrected chi connectivity index (χ0v) is 10.3. The maximum absolute atomic E-state index is 12.0. The summed E-state index contributed by atoms with van der Waals surface area (Å²) >= 11 is 5.54. The van der Waals surface area contributed by atoms with Gasteiger partial charge >= 0.3 is 0 Å². The number of nitrogens with zero attached hydrogens (tertiary/aromatic N) is 3. The molecule has 0 saturated carbocycles. The van der Waals surface area contributed by atoms with Crippen molar-refractivity contribution in [1.82, 2.24) is 13.9 Å². The van der Waals surface area contributed by atoms with Gasteiger partial charge in [0.1, 0.15) is 0 Å². The van der Waals surface area contributed by atoms with Gasteiger partial charge in [0, 0.05) is 32.2 Å². The molecule has 0 unspecified atom stereocenters. The Morgan fingerprint density at radius 2 is 2.27 bits per heavy atom. The van der Waals surface area contributed by atoms with E-state index in [4.69, 9.17) is 11.6 Å². The highest BCUT2D eigenvalue weighted by atomic mass is 35.5. The first-order chi connectivity index (χ1) is 7.02. The van der Waals surface area contributed by atoms with Crippen LogP contribution in [0.4, 0.5) is 0 Å². The summed E-state index contributed by atoms with van der Waals surface area (Å²) < 4.78 is 26.8. The van der Waals surface area contributed by atoms with E-state index in [-0.39, 0.29) is 10.9 Å². The second-order valence-electron chi connectivity index (χ2n) is 3.06. The van der Waals surface area contributed by atoms with Crippen LogP contribution in [-0.4, -0.2) is 41.2 Å². The van der Waals surface area contributed by atoms with Crippen molar-refractivity contribution in [2.75, 3.05) is 19.0 Å². The number of hydrogen-bond acceptors (Lipinski definition) is 3. The number of alkyl halides is 1. The highest BCUT2D eigenvalue weighted by Gasteiger charge is 2.24. The van der Waals surface area contributed by atoms with Crippen LogP contribution < -0.4 is 0 Å². The third kappa shape index (κ3) is 2.70. The van der Waals surface area contributed by atoms with Gasteiger partial charge in [-0.05, 0) is 0 Å². The molecular formula is C8H14ClN3O2S. The van der Waals surface area contributed by atoms with E-state index < -0.39 is 10.0 Å². The quantitative estimate of drug-likeness (QED) is 0.723. The molecule has 0 atom stereocenters. The van der Waals surface area contributed by atoms with Crippen LogP contribution in [0, 0.1) is 0 Å². The highest BCUT2D eigenvalue weighted by molar-refractivity contribution is 7.89. The molecule has 0 aliphatic rings. The zero-order valence-electron chi connectivity index (χ0n) is 8.72. The SMILES string of the molecule is CCN(CCCl)S(=O)(=O)c1cn(C)cn1. The lowest BCUT2D eigenvalue weighted by Crippen LogP contribution is -2.32. The number of rotatable bonds is 5. The van der Waals surface area contributed by atoms with Crippen LogP contribution in [-0.2, 0) is 17.1 Å². The lowest BCUT2D eigenvalue weighted by molar-refractivity contribution is 0.444. The van der Waals surface area contributed by atoms with Gasteiger partial charge in [-0.25, -0.2) is 13.4 Å². The Morgan fingerprint density at radius 1 is 1.60 bits per heavy atom. The Bertz CT molecular complexity index is 415. The molecule has 5 nitrogen and oxygen atoms in total. The van der Waals surface area contributed by atoms with Crippen LogP contribution in [0.3, 0.4) is 0 Å². The van der Waals surface area contributed by atoms with E-state index in [9.17, 15) is 8.42 Å². The third-order valence-corrected chi connectivity index (χ3v) is 4.00. The van der Waals surface area contributed by atoms with Crippen LogP contribution in [0.5, 0.6) is 0 Å². The molecule has 1 rings (SSSR count). The normalized spacial score (nSPS) is 12.3. The minimum atomic E-state index is -3.48. The van der Waals surface area contributed by atoms with Crippen molar-refractivity contribution in [2.24, 2.45) is 7.05 Å². The number of aromatic nitrogens is 2. The van der Waals surface area contributed by atoms with Gasteiger partial charge in [0.2, 0.25) is 0 Å². The molecule has 0 radical (unpaired) electrons. The van der Waals surface area contributed by atoms with Crippen LogP contribution in [0.1, 0.15) is 6.92 Å². The fraction of sp³-hybridized carbons (Fsp3) is 0.625. The molecule has 0 bridgehead atoms. The Labute approximate surface area is 94.7 Å². The Balaban J connectivity index is 3.00. The minimum absolute atomic E-state index is 0.0666. The van der Waals surface area contributed by atoms with Crippen LogP contribution in [0.25, 0.3) is 0 Å². The minimum Gasteiger partial charge on any atom is -0.339 e. The average Bonchev–Trinajstić information content (AvgIpc) is 2.61. The molecule has 0 spiro atoms. The topological polar surface area (TPSA) is 55.2 Å². The van der Waals surface area contributed by atoms with E-state index in [1.165, 1.54) is 16.8 Å². The maximum atomic E-state index is 12.0. The first kappa shape index (κ1) is 12.5. The Hall–Kier alpha value is -0.590. The second kappa shape index (κ2) is 4.96. The molecule has 7 heteroatoms. The lowest BCUT2D eigenvalue weighted by atomic mass is 10.7. The Morgan fingerprint density at radius 3 is 2.67 bits per heavy atom. The van der Waals surface area contributed by atoms with E-state index in [0.29, 0.717) is 13.1 Å². The van der Waals surface area contributed by atoms with E-state index >= 15 is 0 Å². The van der Waals surface area contributed by atoms with Gasteiger partial charge in [0.05, 0.1) is 6.33 Å². The van der Waals surface area contributed by atoms with Crippen molar-refractivity contribution >= 4 is 21.6 Å². The van der Waals surface area contributed by atoms with Gasteiger partial charge in [-0.1, -0.05) is 6.92 Å². The number of imidazole rings is 1. The first-order valence-corrected chi connectivity index (χ1v) is 6.54. The molecule has 15 heavy (non-hydrogen) atoms. The molecule has 0 aliphatic heterocycles. The van der Waals surface area contributed by atoms with Gasteiger partial charge in [0.15, 0.2) is 5.03 Å². The van der Waals surface area contributed by atoms with Crippen molar-refractivity contribution in [3.63, 3.8) is 0 Å². The summed E-state index contributed by atoms with van der Waals surface area (Å²) in [6, 6.07) is 0. The second-order valence-corrected chi connectivity index (χ2v) is 5.33. The smallest absolute Gasteiger partial charge is 0.262 e. The van der Waals surface area contributed by atoms with Gasteiger partial charge in [-0.15, -0.1) is 11.6 Å². The number of sulfonamides is 1. The summed E-state index contributed by atoms with van der Waals surface area (Å²) in [6.45, 7) is 2.47. The third-order valence-electron chi connectivity index (χ3n) is 1.97. The van der Waals surface area contributed by atoms with Crippen LogP contribution >= 0.6 is 11.6 Å². The summed E-state index contributed by atoms with van der Waals surface area (Å²) in [7, 11) is -1.75. The fourth-order valence-corrected chi connectivity index (χ4v) is 2.92. The lowest BCUT2D eigenvalue weighted by Gasteiger charge is -2.17. The molecule has 0 aliphatic carbocycles. The van der Waals surface area contributed by atoms with Crippen LogP contribution in [0.15, 0.2) is 17.6 Å². The highest BCUT2D eigenvalue weighted by Crippen LogP contribution is 2.12. The summed E-state index contributed by atoms with van der Waals surface area (Å²) in [4.78, 5) is 3.83. The Kier molecular flexibility index (Phi) is 4.12. The van der Waals surface area contributed by atoms with Gasteiger partial charge in [-0.3, -0.25) is 0 Å². The van der Waals surface area contributed by atoms with Crippen molar-refractivity contribution in [2.45, 2.75) is 11.9 Å². The van der Waals surface area contributed by atoms with Crippen molar-refractivity contribution < 1.29 is 8.42 Å². The molecule has 0 amide bonds. The number of halogens is 1. The van der Waals surface area contributed by atoms with E-state index in [1.54, 1.807) is 18.5 Å². The fourth-order valence-electron chi connectivity index (χ4n) is 1.20. The predicted octanol–water partition coefficient (Wildman–Crippen LogP) is 0.669. The van der Waals surface area contributed by atoms with Crippen molar-refractivity contribution in [3.05, 3.63) is 12.5 Å². The van der Waals surface area contributed by atoms with Crippen molar-refractivity contribution in [3.8, 4) is 0 Å². The van der Waals surface area contributed by atoms with E-state index in [0.717, 1.165) is 0 Å². The molecule has 1 aromatic heterocycles. The average molecular weight is 252 g/mol. The molecule has 0 saturated heterocycles. The van der Waals surface area contributed by atoms with Gasteiger partial charge < -0.3 is 4.57 Å². The number of hydrogen-bond donors (Lipinski definition) is 0. The maximum Gasteiger partial charge on any atom is 0.262 e. The summed E-state index contributed by atoms with van der Waals surface area (Å²) in [5, 5.41) is 0.0666. The molecule has 1 heterocycles. The zero-order chi connectivity index (χ0) is 11.5. The van der Waals surface area contributed by atoms with Gasteiger partial charge in [-0.2, -0.15) is 4.31 Å². The standard InChI is InChI=1S/C8H14ClN3O2S/c1-3-12(5-4-9)15(13,14)8-6-11(2)7-10-8/h6-7H,3-5H2,1-2H3. The number of aryl methyl sites for hydroxylation is 1. The van der Waals surface area contributed by atoms with E-state index in [1.807, 2.05) is 0 Å². The molecule has 0 fully saturated rings. The van der Waals surface area contributed by atoms with E-state index in [2.05, 4.69) is 4.98 Å². The van der Waals surface area contributed by atoms with Crippen molar-refractivity contribution in [1.29, 1.82) is 0 Å².